The molecular weight excluding hydrogens is 222 g/mol. The molecule has 0 fully saturated rings. The highest BCUT2D eigenvalue weighted by atomic mass is 79.9. The lowest BCUT2D eigenvalue weighted by molar-refractivity contribution is 0.1000. The van der Waals surface area contributed by atoms with E-state index in [1.54, 1.807) is 12.1 Å². The third-order valence-corrected chi connectivity index (χ3v) is 2.30. The van der Waals surface area contributed by atoms with Crippen molar-refractivity contribution >= 4 is 21.7 Å². The molecule has 0 aromatic heterocycles. The van der Waals surface area contributed by atoms with Crippen LogP contribution in [0.4, 0.5) is 0 Å². The van der Waals surface area contributed by atoms with Crippen LogP contribution in [0.5, 0.6) is 5.75 Å². The van der Waals surface area contributed by atoms with Crippen LogP contribution in [0.2, 0.25) is 0 Å². The Bertz CT molecular complexity index is 312. The number of phenolic OH excluding ortho intramolecular Hbond substituents is 1. The van der Waals surface area contributed by atoms with Crippen molar-refractivity contribution in [3.05, 3.63) is 28.2 Å². The van der Waals surface area contributed by atoms with Crippen molar-refractivity contribution in [1.29, 1.82) is 0 Å². The number of phenols is 1. The monoisotopic (exact) mass is 229 g/mol. The molecule has 64 valence electrons. The number of carbonyl (C=O) groups is 1. The number of carbonyl (C=O) groups excluding carboxylic acids is 1. The van der Waals surface area contributed by atoms with Gasteiger partial charge in [-0.2, -0.15) is 0 Å². The largest absolute Gasteiger partial charge is 0.507 e. The van der Waals surface area contributed by atoms with Gasteiger partial charge in [-0.05, 0) is 28.1 Å². The quantitative estimate of drug-likeness (QED) is 0.752. The molecule has 0 aliphatic heterocycles. The van der Waals surface area contributed by atoms with Crippen LogP contribution in [0.3, 0.4) is 0 Å². The molecule has 0 atom stereocenters. The summed E-state index contributed by atoms with van der Waals surface area (Å²) in [6, 6.07) is 4.71. The maximum atomic E-state index is 11.1. The number of Topliss-reactive ketones (excluding diaryl/α,β-unsaturated/α-hetero) is 1. The first-order chi connectivity index (χ1) is 5.66. The van der Waals surface area contributed by atoms with Crippen molar-refractivity contribution in [3.63, 3.8) is 0 Å². The van der Waals surface area contributed by atoms with Gasteiger partial charge in [0.05, 0.1) is 11.0 Å². The predicted octanol–water partition coefficient (Wildman–Crippen LogP) is 1.30. The molecule has 0 spiro atoms. The molecule has 0 aliphatic carbocycles. The fourth-order valence-electron chi connectivity index (χ4n) is 0.845. The summed E-state index contributed by atoms with van der Waals surface area (Å²) in [4.78, 5) is 11.1. The molecule has 12 heavy (non-hydrogen) atoms. The fraction of sp³-hybridized carbons (Fsp3) is 0.125. The number of rotatable bonds is 2. The molecule has 1 aromatic carbocycles. The van der Waals surface area contributed by atoms with Crippen molar-refractivity contribution in [2.75, 3.05) is 6.54 Å². The number of aromatic hydroxyl groups is 1. The van der Waals surface area contributed by atoms with E-state index in [1.165, 1.54) is 6.07 Å². The normalized spacial score (nSPS) is 9.83. The van der Waals surface area contributed by atoms with Gasteiger partial charge >= 0.3 is 0 Å². The number of ketones is 1. The molecular formula is C8H8BrNO2. The lowest BCUT2D eigenvalue weighted by Crippen LogP contribution is -2.13. The van der Waals surface area contributed by atoms with Crippen molar-refractivity contribution in [2.45, 2.75) is 0 Å². The van der Waals surface area contributed by atoms with E-state index in [-0.39, 0.29) is 18.1 Å². The van der Waals surface area contributed by atoms with Crippen LogP contribution in [0.1, 0.15) is 10.4 Å². The lowest BCUT2D eigenvalue weighted by Gasteiger charge is -2.02. The second-order valence-electron chi connectivity index (χ2n) is 2.27. The molecule has 1 rings (SSSR count). The lowest BCUT2D eigenvalue weighted by atomic mass is 10.1. The average molecular weight is 230 g/mol. The first-order valence-corrected chi connectivity index (χ1v) is 4.17. The number of halogens is 1. The average Bonchev–Trinajstić information content (AvgIpc) is 2.08. The van der Waals surface area contributed by atoms with E-state index in [0.29, 0.717) is 10.0 Å². The summed E-state index contributed by atoms with van der Waals surface area (Å²) in [5, 5.41) is 9.20. The van der Waals surface area contributed by atoms with Gasteiger partial charge < -0.3 is 10.8 Å². The van der Waals surface area contributed by atoms with Crippen LogP contribution in [0.25, 0.3) is 0 Å². The number of hydrogen-bond donors (Lipinski definition) is 2. The van der Waals surface area contributed by atoms with E-state index in [4.69, 9.17) is 5.73 Å². The molecule has 0 heterocycles. The third kappa shape index (κ3) is 1.65. The van der Waals surface area contributed by atoms with Crippen molar-refractivity contribution < 1.29 is 9.90 Å². The van der Waals surface area contributed by atoms with E-state index in [9.17, 15) is 9.90 Å². The van der Waals surface area contributed by atoms with Gasteiger partial charge in [0.2, 0.25) is 0 Å². The van der Waals surface area contributed by atoms with Crippen LogP contribution in [0, 0.1) is 0 Å². The minimum absolute atomic E-state index is 0.0503. The summed E-state index contributed by atoms with van der Waals surface area (Å²) in [6.45, 7) is -0.0535. The summed E-state index contributed by atoms with van der Waals surface area (Å²) in [7, 11) is 0. The molecule has 3 nitrogen and oxygen atoms in total. The van der Waals surface area contributed by atoms with Gasteiger partial charge in [-0.15, -0.1) is 0 Å². The van der Waals surface area contributed by atoms with E-state index in [0.717, 1.165) is 0 Å². The van der Waals surface area contributed by atoms with Crippen LogP contribution in [-0.4, -0.2) is 17.4 Å². The maximum Gasteiger partial charge on any atom is 0.177 e. The molecule has 0 radical (unpaired) electrons. The van der Waals surface area contributed by atoms with E-state index in [2.05, 4.69) is 15.9 Å². The summed E-state index contributed by atoms with van der Waals surface area (Å²) in [5.74, 6) is -0.146. The molecule has 0 unspecified atom stereocenters. The number of nitrogens with two attached hydrogens (primary N) is 1. The zero-order chi connectivity index (χ0) is 9.14. The van der Waals surface area contributed by atoms with E-state index < -0.39 is 0 Å². The SMILES string of the molecule is NCC(=O)c1cccc(O)c1Br. The Morgan fingerprint density at radius 3 is 2.83 bits per heavy atom. The zero-order valence-electron chi connectivity index (χ0n) is 6.25. The standard InChI is InChI=1S/C8H8BrNO2/c9-8-5(7(12)4-10)2-1-3-6(8)11/h1-3,11H,4,10H2. The highest BCUT2D eigenvalue weighted by molar-refractivity contribution is 9.10. The summed E-state index contributed by atoms with van der Waals surface area (Å²) < 4.78 is 0.403. The third-order valence-electron chi connectivity index (χ3n) is 1.46. The minimum Gasteiger partial charge on any atom is -0.507 e. The van der Waals surface area contributed by atoms with Crippen LogP contribution in [-0.2, 0) is 0 Å². The maximum absolute atomic E-state index is 11.1. The topological polar surface area (TPSA) is 63.3 Å². The zero-order valence-corrected chi connectivity index (χ0v) is 7.84. The van der Waals surface area contributed by atoms with Crippen molar-refractivity contribution in [3.8, 4) is 5.75 Å². The molecule has 4 heteroatoms. The number of benzene rings is 1. The van der Waals surface area contributed by atoms with Gasteiger partial charge in [-0.3, -0.25) is 4.79 Å². The molecule has 0 aliphatic rings. The Balaban J connectivity index is 3.16. The minimum atomic E-state index is -0.197. The van der Waals surface area contributed by atoms with Crippen LogP contribution in [0.15, 0.2) is 22.7 Å². The molecule has 3 N–H and O–H groups in total. The molecule has 0 saturated carbocycles. The van der Waals surface area contributed by atoms with Crippen molar-refractivity contribution in [2.24, 2.45) is 5.73 Å². The van der Waals surface area contributed by atoms with Gasteiger partial charge in [0.1, 0.15) is 5.75 Å². The van der Waals surface area contributed by atoms with Crippen LogP contribution >= 0.6 is 15.9 Å². The summed E-state index contributed by atoms with van der Waals surface area (Å²) in [6.07, 6.45) is 0. The Hall–Kier alpha value is -0.870. The predicted molar refractivity (Wildman–Crippen MR) is 49.2 cm³/mol. The van der Waals surface area contributed by atoms with Gasteiger partial charge in [0.25, 0.3) is 0 Å². The Morgan fingerprint density at radius 1 is 1.58 bits per heavy atom. The smallest absolute Gasteiger partial charge is 0.177 e. The van der Waals surface area contributed by atoms with Gasteiger partial charge in [0, 0.05) is 5.56 Å². The first kappa shape index (κ1) is 9.22. The second-order valence-corrected chi connectivity index (χ2v) is 3.06. The Kier molecular flexibility index (Phi) is 2.83. The number of hydrogen-bond acceptors (Lipinski definition) is 3. The molecule has 0 bridgehead atoms. The Morgan fingerprint density at radius 2 is 2.25 bits per heavy atom. The van der Waals surface area contributed by atoms with E-state index >= 15 is 0 Å². The van der Waals surface area contributed by atoms with Gasteiger partial charge in [-0.25, -0.2) is 0 Å². The molecule has 1 aromatic rings. The summed E-state index contributed by atoms with van der Waals surface area (Å²) in [5.41, 5.74) is 5.59. The van der Waals surface area contributed by atoms with Gasteiger partial charge in [-0.1, -0.05) is 6.07 Å². The van der Waals surface area contributed by atoms with Crippen LogP contribution < -0.4 is 5.73 Å². The summed E-state index contributed by atoms with van der Waals surface area (Å²) >= 11 is 3.10. The van der Waals surface area contributed by atoms with E-state index in [1.807, 2.05) is 0 Å². The second kappa shape index (κ2) is 3.69. The molecule has 0 amide bonds. The fourth-order valence-corrected chi connectivity index (χ4v) is 1.33. The first-order valence-electron chi connectivity index (χ1n) is 3.37. The Labute approximate surface area is 78.3 Å². The van der Waals surface area contributed by atoms with Gasteiger partial charge in [0.15, 0.2) is 5.78 Å². The molecule has 0 saturated heterocycles. The highest BCUT2D eigenvalue weighted by Crippen LogP contribution is 2.27. The van der Waals surface area contributed by atoms with Crippen molar-refractivity contribution in [1.82, 2.24) is 0 Å². The highest BCUT2D eigenvalue weighted by Gasteiger charge is 2.09.